The molecule has 0 radical (unpaired) electrons. The van der Waals surface area contributed by atoms with Gasteiger partial charge < -0.3 is 9.52 Å². The van der Waals surface area contributed by atoms with Crippen molar-refractivity contribution < 1.29 is 9.52 Å². The largest absolute Gasteiger partial charge is 0.463 e. The van der Waals surface area contributed by atoms with Crippen LogP contribution in [0.25, 0.3) is 0 Å². The highest BCUT2D eigenvalue weighted by Gasteiger charge is 2.12. The number of hydrogen-bond donors (Lipinski definition) is 1. The van der Waals surface area contributed by atoms with E-state index in [0.717, 1.165) is 25.0 Å². The van der Waals surface area contributed by atoms with Crippen LogP contribution >= 0.6 is 11.3 Å². The minimum atomic E-state index is -0.484. The molecule has 2 rings (SSSR count). The fraction of sp³-hybridized carbons (Fsp3) is 0.385. The molecular formula is C13H16O2S. The number of aliphatic hydroxyl groups is 1. The molecule has 0 aliphatic carbocycles. The van der Waals surface area contributed by atoms with Gasteiger partial charge in [0.2, 0.25) is 0 Å². The van der Waals surface area contributed by atoms with Crippen LogP contribution in [-0.2, 0) is 12.8 Å². The third-order valence-electron chi connectivity index (χ3n) is 2.60. The Balaban J connectivity index is 1.90. The molecule has 1 atom stereocenters. The summed E-state index contributed by atoms with van der Waals surface area (Å²) >= 11 is 1.73. The van der Waals surface area contributed by atoms with Crippen LogP contribution in [0.15, 0.2) is 34.1 Å². The van der Waals surface area contributed by atoms with E-state index in [1.807, 2.05) is 25.1 Å². The lowest BCUT2D eigenvalue weighted by Gasteiger charge is -2.06. The fourth-order valence-electron chi connectivity index (χ4n) is 1.64. The maximum Gasteiger partial charge on any atom is 0.132 e. The summed E-state index contributed by atoms with van der Waals surface area (Å²) in [5, 5.41) is 12.0. The topological polar surface area (TPSA) is 33.4 Å². The standard InChI is InChI=1S/C13H16O2S/c1-2-10-5-8-13(15-10)12(14)7-6-11-4-3-9-16-11/h3-5,8-9,12,14H,2,6-7H2,1H3. The Morgan fingerprint density at radius 1 is 1.38 bits per heavy atom. The van der Waals surface area contributed by atoms with E-state index in [9.17, 15) is 5.11 Å². The van der Waals surface area contributed by atoms with E-state index in [2.05, 4.69) is 11.4 Å². The van der Waals surface area contributed by atoms with Crippen molar-refractivity contribution in [2.24, 2.45) is 0 Å². The Morgan fingerprint density at radius 3 is 2.88 bits per heavy atom. The Morgan fingerprint density at radius 2 is 2.25 bits per heavy atom. The number of thiophene rings is 1. The monoisotopic (exact) mass is 236 g/mol. The number of aliphatic hydroxyl groups excluding tert-OH is 1. The lowest BCUT2D eigenvalue weighted by Crippen LogP contribution is -1.97. The van der Waals surface area contributed by atoms with Crippen LogP contribution in [0, 0.1) is 0 Å². The Labute approximate surface area is 99.5 Å². The van der Waals surface area contributed by atoms with Crippen molar-refractivity contribution in [3.05, 3.63) is 46.0 Å². The summed E-state index contributed by atoms with van der Waals surface area (Å²) in [5.41, 5.74) is 0. The molecule has 0 aliphatic heterocycles. The summed E-state index contributed by atoms with van der Waals surface area (Å²) in [6.07, 6.45) is 2.01. The number of aryl methyl sites for hydroxylation is 2. The summed E-state index contributed by atoms with van der Waals surface area (Å²) in [6.45, 7) is 2.04. The van der Waals surface area contributed by atoms with Gasteiger partial charge in [0.05, 0.1) is 0 Å². The zero-order valence-electron chi connectivity index (χ0n) is 9.35. The van der Waals surface area contributed by atoms with Gasteiger partial charge in [0, 0.05) is 11.3 Å². The van der Waals surface area contributed by atoms with Gasteiger partial charge in [-0.15, -0.1) is 11.3 Å². The fourth-order valence-corrected chi connectivity index (χ4v) is 2.36. The van der Waals surface area contributed by atoms with Crippen molar-refractivity contribution in [2.45, 2.75) is 32.3 Å². The average Bonchev–Trinajstić information content (AvgIpc) is 2.96. The van der Waals surface area contributed by atoms with Crippen LogP contribution in [0.5, 0.6) is 0 Å². The van der Waals surface area contributed by atoms with Crippen LogP contribution in [0.1, 0.15) is 35.8 Å². The maximum absolute atomic E-state index is 9.94. The number of rotatable bonds is 5. The van der Waals surface area contributed by atoms with Crippen LogP contribution in [0.2, 0.25) is 0 Å². The molecule has 2 aromatic rings. The van der Waals surface area contributed by atoms with Crippen LogP contribution in [0.4, 0.5) is 0 Å². The normalized spacial score (nSPS) is 12.9. The van der Waals surface area contributed by atoms with Gasteiger partial charge in [-0.2, -0.15) is 0 Å². The SMILES string of the molecule is CCc1ccc(C(O)CCc2cccs2)o1. The molecule has 2 aromatic heterocycles. The highest BCUT2D eigenvalue weighted by atomic mass is 32.1. The molecule has 1 unspecified atom stereocenters. The molecule has 0 amide bonds. The number of furan rings is 1. The third-order valence-corrected chi connectivity index (χ3v) is 3.54. The average molecular weight is 236 g/mol. The molecule has 0 saturated heterocycles. The second-order valence-electron chi connectivity index (χ2n) is 3.79. The predicted molar refractivity (Wildman–Crippen MR) is 65.7 cm³/mol. The van der Waals surface area contributed by atoms with Gasteiger partial charge in [0.25, 0.3) is 0 Å². The smallest absolute Gasteiger partial charge is 0.132 e. The zero-order valence-corrected chi connectivity index (χ0v) is 10.2. The molecule has 2 heterocycles. The molecule has 2 nitrogen and oxygen atoms in total. The van der Waals surface area contributed by atoms with E-state index in [0.29, 0.717) is 5.76 Å². The van der Waals surface area contributed by atoms with Gasteiger partial charge in [-0.05, 0) is 36.4 Å². The minimum absolute atomic E-state index is 0.484. The van der Waals surface area contributed by atoms with Gasteiger partial charge in [-0.1, -0.05) is 13.0 Å². The van der Waals surface area contributed by atoms with Crippen molar-refractivity contribution in [2.75, 3.05) is 0 Å². The highest BCUT2D eigenvalue weighted by Crippen LogP contribution is 2.22. The molecule has 16 heavy (non-hydrogen) atoms. The minimum Gasteiger partial charge on any atom is -0.463 e. The second-order valence-corrected chi connectivity index (χ2v) is 4.82. The van der Waals surface area contributed by atoms with Crippen molar-refractivity contribution >= 4 is 11.3 Å². The summed E-state index contributed by atoms with van der Waals surface area (Å²) in [4.78, 5) is 1.31. The quantitative estimate of drug-likeness (QED) is 0.861. The Bertz CT molecular complexity index is 417. The van der Waals surface area contributed by atoms with Crippen molar-refractivity contribution in [1.29, 1.82) is 0 Å². The maximum atomic E-state index is 9.94. The summed E-state index contributed by atoms with van der Waals surface area (Å²) < 4.78 is 5.52. The first-order valence-corrected chi connectivity index (χ1v) is 6.46. The molecular weight excluding hydrogens is 220 g/mol. The molecule has 1 N–H and O–H groups in total. The Kier molecular flexibility index (Phi) is 3.80. The van der Waals surface area contributed by atoms with E-state index in [4.69, 9.17) is 4.42 Å². The predicted octanol–water partition coefficient (Wildman–Crippen LogP) is 3.57. The van der Waals surface area contributed by atoms with Gasteiger partial charge in [-0.25, -0.2) is 0 Å². The van der Waals surface area contributed by atoms with Crippen LogP contribution in [0.3, 0.4) is 0 Å². The first-order chi connectivity index (χ1) is 7.79. The lowest BCUT2D eigenvalue weighted by molar-refractivity contribution is 0.139. The van der Waals surface area contributed by atoms with Crippen LogP contribution < -0.4 is 0 Å². The van der Waals surface area contributed by atoms with Crippen molar-refractivity contribution in [3.8, 4) is 0 Å². The third kappa shape index (κ3) is 2.74. The molecule has 0 aliphatic rings. The van der Waals surface area contributed by atoms with Gasteiger partial charge in [0.1, 0.15) is 17.6 Å². The Hall–Kier alpha value is -1.06. The number of hydrogen-bond acceptors (Lipinski definition) is 3. The van der Waals surface area contributed by atoms with E-state index in [1.165, 1.54) is 4.88 Å². The molecule has 0 spiro atoms. The summed E-state index contributed by atoms with van der Waals surface area (Å²) in [6, 6.07) is 7.94. The summed E-state index contributed by atoms with van der Waals surface area (Å²) in [7, 11) is 0. The van der Waals surface area contributed by atoms with Crippen molar-refractivity contribution in [3.63, 3.8) is 0 Å². The first kappa shape index (κ1) is 11.4. The first-order valence-electron chi connectivity index (χ1n) is 5.58. The second kappa shape index (κ2) is 5.32. The summed E-state index contributed by atoms with van der Waals surface area (Å²) in [5.74, 6) is 1.62. The van der Waals surface area contributed by atoms with Crippen LogP contribution in [-0.4, -0.2) is 5.11 Å². The lowest BCUT2D eigenvalue weighted by atomic mass is 10.1. The molecule has 0 bridgehead atoms. The molecule has 86 valence electrons. The van der Waals surface area contributed by atoms with Gasteiger partial charge >= 0.3 is 0 Å². The van der Waals surface area contributed by atoms with Gasteiger partial charge in [0.15, 0.2) is 0 Å². The molecule has 0 aromatic carbocycles. The zero-order chi connectivity index (χ0) is 11.4. The molecule has 0 saturated carbocycles. The van der Waals surface area contributed by atoms with Crippen molar-refractivity contribution in [1.82, 2.24) is 0 Å². The van der Waals surface area contributed by atoms with E-state index < -0.39 is 6.10 Å². The highest BCUT2D eigenvalue weighted by molar-refractivity contribution is 7.09. The van der Waals surface area contributed by atoms with Gasteiger partial charge in [-0.3, -0.25) is 0 Å². The van der Waals surface area contributed by atoms with E-state index in [1.54, 1.807) is 11.3 Å². The molecule has 3 heteroatoms. The van der Waals surface area contributed by atoms with E-state index in [-0.39, 0.29) is 0 Å². The molecule has 0 fully saturated rings. The van der Waals surface area contributed by atoms with E-state index >= 15 is 0 Å².